The summed E-state index contributed by atoms with van der Waals surface area (Å²) < 4.78 is 13.7. The first-order chi connectivity index (χ1) is 18.2. The first-order valence-electron chi connectivity index (χ1n) is 11.9. The number of hydrogen-bond acceptors (Lipinski definition) is 7. The molecule has 1 atom stereocenters. The number of halogens is 2. The highest BCUT2D eigenvalue weighted by molar-refractivity contribution is 7.99. The van der Waals surface area contributed by atoms with E-state index in [9.17, 15) is 10.1 Å². The average Bonchev–Trinajstić information content (AvgIpc) is 3.24. The molecule has 1 heterocycles. The fourth-order valence-electron chi connectivity index (χ4n) is 3.79. The fourth-order valence-corrected chi connectivity index (χ4v) is 5.42. The predicted octanol–water partition coefficient (Wildman–Crippen LogP) is 7.28. The highest BCUT2D eigenvalue weighted by Crippen LogP contribution is 2.40. The van der Waals surface area contributed by atoms with Crippen molar-refractivity contribution in [3.63, 3.8) is 0 Å². The Balaban J connectivity index is 1.62. The van der Waals surface area contributed by atoms with Crippen molar-refractivity contribution < 1.29 is 14.4 Å². The summed E-state index contributed by atoms with van der Waals surface area (Å²) in [7, 11) is 0. The number of ether oxygens (including phenoxy) is 2. The van der Waals surface area contributed by atoms with Crippen LogP contribution in [-0.4, -0.2) is 32.8 Å². The van der Waals surface area contributed by atoms with Crippen molar-refractivity contribution in [2.45, 2.75) is 37.8 Å². The first kappa shape index (κ1) is 27.8. The Bertz CT molecular complexity index is 1430. The van der Waals surface area contributed by atoms with E-state index in [-0.39, 0.29) is 18.1 Å². The van der Waals surface area contributed by atoms with Gasteiger partial charge in [0.1, 0.15) is 17.7 Å². The summed E-state index contributed by atoms with van der Waals surface area (Å²) in [6.07, 6.45) is 0. The second-order valence-electron chi connectivity index (χ2n) is 8.49. The molecule has 0 aliphatic carbocycles. The van der Waals surface area contributed by atoms with Gasteiger partial charge in [0.25, 0.3) is 0 Å². The van der Waals surface area contributed by atoms with Crippen LogP contribution in [0.4, 0.5) is 0 Å². The van der Waals surface area contributed by atoms with Gasteiger partial charge in [0.15, 0.2) is 16.7 Å². The molecule has 0 radical (unpaired) electrons. The van der Waals surface area contributed by atoms with E-state index in [0.717, 1.165) is 16.8 Å². The Labute approximate surface area is 235 Å². The minimum absolute atomic E-state index is 0.210. The molecule has 0 saturated heterocycles. The van der Waals surface area contributed by atoms with Crippen molar-refractivity contribution in [3.05, 3.63) is 103 Å². The van der Waals surface area contributed by atoms with Crippen molar-refractivity contribution >= 4 is 35.0 Å². The predicted molar refractivity (Wildman–Crippen MR) is 150 cm³/mol. The Morgan fingerprint density at radius 2 is 1.76 bits per heavy atom. The van der Waals surface area contributed by atoms with E-state index in [1.165, 1.54) is 11.8 Å². The van der Waals surface area contributed by atoms with E-state index in [1.807, 2.05) is 55.7 Å². The summed E-state index contributed by atoms with van der Waals surface area (Å²) in [5, 5.41) is 21.2. The SMILES string of the molecule is CCOc1cc([C@@H](C[N+](=O)[O-])Sc2nnc(C)n2-c2ccc(C)cc2)ccc1OCc1ccc(Cl)cc1Cl. The van der Waals surface area contributed by atoms with Crippen molar-refractivity contribution in [1.82, 2.24) is 14.8 Å². The number of aromatic nitrogens is 3. The third-order valence-electron chi connectivity index (χ3n) is 5.69. The van der Waals surface area contributed by atoms with E-state index in [4.69, 9.17) is 32.7 Å². The van der Waals surface area contributed by atoms with Gasteiger partial charge in [0.05, 0.1) is 6.61 Å². The lowest BCUT2D eigenvalue weighted by Gasteiger charge is -2.18. The zero-order chi connectivity index (χ0) is 27.2. The second kappa shape index (κ2) is 12.5. The van der Waals surface area contributed by atoms with Crippen LogP contribution in [0.5, 0.6) is 11.5 Å². The molecule has 0 spiro atoms. The molecule has 4 rings (SSSR count). The van der Waals surface area contributed by atoms with Crippen LogP contribution in [0.15, 0.2) is 65.8 Å². The van der Waals surface area contributed by atoms with Crippen LogP contribution in [0, 0.1) is 24.0 Å². The van der Waals surface area contributed by atoms with Crippen LogP contribution in [0.25, 0.3) is 5.69 Å². The van der Waals surface area contributed by atoms with Crippen LogP contribution < -0.4 is 9.47 Å². The molecular weight excluding hydrogens is 547 g/mol. The highest BCUT2D eigenvalue weighted by Gasteiger charge is 2.25. The van der Waals surface area contributed by atoms with Gasteiger partial charge >= 0.3 is 0 Å². The Morgan fingerprint density at radius 3 is 2.45 bits per heavy atom. The molecule has 0 fully saturated rings. The molecule has 198 valence electrons. The van der Waals surface area contributed by atoms with Crippen LogP contribution >= 0.6 is 35.0 Å². The lowest BCUT2D eigenvalue weighted by atomic mass is 10.1. The van der Waals surface area contributed by atoms with Crippen LogP contribution in [0.1, 0.15) is 34.7 Å². The highest BCUT2D eigenvalue weighted by atomic mass is 35.5. The minimum atomic E-state index is -0.545. The molecule has 0 amide bonds. The van der Waals surface area contributed by atoms with E-state index in [0.29, 0.717) is 44.7 Å². The number of rotatable bonds is 11. The average molecular weight is 574 g/mol. The number of thioether (sulfide) groups is 1. The molecule has 0 aliphatic rings. The van der Waals surface area contributed by atoms with Gasteiger partial charge in [-0.15, -0.1) is 10.2 Å². The lowest BCUT2D eigenvalue weighted by Crippen LogP contribution is -2.12. The largest absolute Gasteiger partial charge is 0.490 e. The Morgan fingerprint density at radius 1 is 1.00 bits per heavy atom. The van der Waals surface area contributed by atoms with E-state index in [1.54, 1.807) is 30.3 Å². The number of benzene rings is 3. The first-order valence-corrected chi connectivity index (χ1v) is 13.5. The quantitative estimate of drug-likeness (QED) is 0.106. The van der Waals surface area contributed by atoms with Gasteiger partial charge in [-0.3, -0.25) is 14.7 Å². The van der Waals surface area contributed by atoms with Crippen molar-refractivity contribution in [2.75, 3.05) is 13.2 Å². The minimum Gasteiger partial charge on any atom is -0.490 e. The van der Waals surface area contributed by atoms with Gasteiger partial charge in [-0.1, -0.05) is 64.8 Å². The Kier molecular flexibility index (Phi) is 9.14. The lowest BCUT2D eigenvalue weighted by molar-refractivity contribution is -0.479. The fraction of sp³-hybridized carbons (Fsp3) is 0.259. The zero-order valence-electron chi connectivity index (χ0n) is 21.1. The van der Waals surface area contributed by atoms with E-state index in [2.05, 4.69) is 10.2 Å². The van der Waals surface area contributed by atoms with E-state index < -0.39 is 5.25 Å². The summed E-state index contributed by atoms with van der Waals surface area (Å²) in [5.41, 5.74) is 3.50. The van der Waals surface area contributed by atoms with Gasteiger partial charge in [0.2, 0.25) is 6.54 Å². The molecule has 0 unspecified atom stereocenters. The molecule has 11 heteroatoms. The number of nitrogens with zero attached hydrogens (tertiary/aromatic N) is 4. The van der Waals surface area contributed by atoms with Gasteiger partial charge in [-0.2, -0.15) is 0 Å². The molecule has 0 aliphatic heterocycles. The van der Waals surface area contributed by atoms with Gasteiger partial charge in [-0.25, -0.2) is 0 Å². The van der Waals surface area contributed by atoms with Crippen molar-refractivity contribution in [1.29, 1.82) is 0 Å². The Hall–Kier alpha value is -3.27. The molecule has 3 aromatic carbocycles. The van der Waals surface area contributed by atoms with E-state index >= 15 is 0 Å². The van der Waals surface area contributed by atoms with Crippen LogP contribution in [-0.2, 0) is 6.61 Å². The molecule has 0 saturated carbocycles. The summed E-state index contributed by atoms with van der Waals surface area (Å²) in [4.78, 5) is 11.3. The molecular formula is C27H26Cl2N4O4S. The molecule has 0 N–H and O–H groups in total. The topological polar surface area (TPSA) is 92.3 Å². The normalized spacial score (nSPS) is 11.8. The number of aryl methyl sites for hydroxylation is 2. The second-order valence-corrected chi connectivity index (χ2v) is 10.5. The molecule has 38 heavy (non-hydrogen) atoms. The maximum atomic E-state index is 11.6. The third kappa shape index (κ3) is 6.78. The molecule has 4 aromatic rings. The van der Waals surface area contributed by atoms with Crippen molar-refractivity contribution in [3.8, 4) is 17.2 Å². The summed E-state index contributed by atoms with van der Waals surface area (Å²) in [6, 6.07) is 18.5. The monoisotopic (exact) mass is 572 g/mol. The van der Waals surface area contributed by atoms with Gasteiger partial charge in [0, 0.05) is 26.2 Å². The van der Waals surface area contributed by atoms with Crippen molar-refractivity contribution in [2.24, 2.45) is 0 Å². The van der Waals surface area contributed by atoms with Crippen LogP contribution in [0.3, 0.4) is 0 Å². The molecule has 8 nitrogen and oxygen atoms in total. The number of nitro groups is 1. The zero-order valence-corrected chi connectivity index (χ0v) is 23.4. The van der Waals surface area contributed by atoms with Gasteiger partial charge < -0.3 is 9.47 Å². The maximum absolute atomic E-state index is 11.6. The maximum Gasteiger partial charge on any atom is 0.220 e. The standard InChI is InChI=1S/C27H26Cl2N4O4S/c1-4-36-25-13-19(8-12-24(25)37-16-20-7-9-21(28)14-23(20)29)26(15-32(34)35)38-27-31-30-18(3)33(27)22-10-5-17(2)6-11-22/h5-14,26H,4,15-16H2,1-3H3/t26-/m1/s1. The summed E-state index contributed by atoms with van der Waals surface area (Å²) in [5.74, 6) is 1.68. The van der Waals surface area contributed by atoms with Crippen LogP contribution in [0.2, 0.25) is 10.0 Å². The smallest absolute Gasteiger partial charge is 0.220 e. The third-order valence-corrected chi connectivity index (χ3v) is 7.46. The molecule has 0 bridgehead atoms. The summed E-state index contributed by atoms with van der Waals surface area (Å²) in [6.45, 7) is 6.03. The number of hydrogen-bond donors (Lipinski definition) is 0. The van der Waals surface area contributed by atoms with Gasteiger partial charge in [-0.05, 0) is 62.7 Å². The summed E-state index contributed by atoms with van der Waals surface area (Å²) >= 11 is 13.6. The molecule has 1 aromatic heterocycles.